The van der Waals surface area contributed by atoms with Crippen LogP contribution in [0.25, 0.3) is 0 Å². The third-order valence-corrected chi connectivity index (χ3v) is 1.66. The molecular weight excluding hydrogens is 201 g/mol. The van der Waals surface area contributed by atoms with Crippen molar-refractivity contribution in [3.05, 3.63) is 33.6 Å². The third-order valence-electron chi connectivity index (χ3n) is 1.66. The van der Waals surface area contributed by atoms with Crippen molar-refractivity contribution < 1.29 is 14.1 Å². The van der Waals surface area contributed by atoms with E-state index < -0.39 is 16.4 Å². The number of hydrogen-bond acceptors (Lipinski definition) is 3. The van der Waals surface area contributed by atoms with E-state index in [4.69, 9.17) is 4.74 Å². The van der Waals surface area contributed by atoms with Crippen LogP contribution in [0.1, 0.15) is 19.4 Å². The molecule has 1 aromatic carbocycles. The number of ether oxygens (including phenoxy) is 1. The molecule has 4 nitrogen and oxygen atoms in total. The van der Waals surface area contributed by atoms with Gasteiger partial charge in [-0.1, -0.05) is 13.8 Å². The van der Waals surface area contributed by atoms with Gasteiger partial charge >= 0.3 is 5.69 Å². The van der Waals surface area contributed by atoms with Gasteiger partial charge in [0.05, 0.1) is 12.0 Å². The van der Waals surface area contributed by atoms with E-state index in [9.17, 15) is 14.5 Å². The first-order valence-electron chi connectivity index (χ1n) is 4.54. The van der Waals surface area contributed by atoms with Gasteiger partial charge in [0.15, 0.2) is 0 Å². The number of nitro groups is 1. The van der Waals surface area contributed by atoms with Crippen LogP contribution in [0, 0.1) is 22.9 Å². The molecule has 0 radical (unpaired) electrons. The second kappa shape index (κ2) is 5.95. The van der Waals surface area contributed by atoms with E-state index in [1.54, 1.807) is 6.92 Å². The lowest BCUT2D eigenvalue weighted by Gasteiger charge is -2.03. The first kappa shape index (κ1) is 13.4. The molecule has 0 amide bonds. The molecule has 0 saturated carbocycles. The van der Waals surface area contributed by atoms with Crippen LogP contribution in [0.15, 0.2) is 12.1 Å². The molecule has 0 heterocycles. The standard InChI is InChI=1S/C8H8FNO3.C2H6/c1-5-3-7(10(11)12)6(9)4-8(5)13-2;1-2/h3-4H,1-2H3;1-2H3. The minimum Gasteiger partial charge on any atom is -0.496 e. The summed E-state index contributed by atoms with van der Waals surface area (Å²) in [4.78, 5) is 9.54. The van der Waals surface area contributed by atoms with Crippen LogP contribution in [-0.2, 0) is 0 Å². The minimum absolute atomic E-state index is 0.308. The van der Waals surface area contributed by atoms with Gasteiger partial charge in [-0.15, -0.1) is 0 Å². The molecule has 0 unspecified atom stereocenters. The molecule has 1 rings (SSSR count). The predicted octanol–water partition coefficient (Wildman–Crippen LogP) is 3.08. The van der Waals surface area contributed by atoms with Gasteiger partial charge in [-0.3, -0.25) is 10.1 Å². The van der Waals surface area contributed by atoms with E-state index in [0.29, 0.717) is 11.3 Å². The molecule has 1 aromatic rings. The molecule has 0 spiro atoms. The molecule has 0 aliphatic rings. The van der Waals surface area contributed by atoms with Crippen molar-refractivity contribution >= 4 is 5.69 Å². The summed E-state index contributed by atoms with van der Waals surface area (Å²) in [6.45, 7) is 5.62. The van der Waals surface area contributed by atoms with Crippen molar-refractivity contribution in [2.45, 2.75) is 20.8 Å². The number of hydrogen-bond donors (Lipinski definition) is 0. The van der Waals surface area contributed by atoms with Crippen molar-refractivity contribution in [3.63, 3.8) is 0 Å². The van der Waals surface area contributed by atoms with Gasteiger partial charge in [0.2, 0.25) is 5.82 Å². The largest absolute Gasteiger partial charge is 0.496 e. The Kier molecular flexibility index (Phi) is 5.30. The van der Waals surface area contributed by atoms with E-state index in [1.807, 2.05) is 13.8 Å². The van der Waals surface area contributed by atoms with Gasteiger partial charge in [0, 0.05) is 12.1 Å². The highest BCUT2D eigenvalue weighted by atomic mass is 19.1. The molecule has 0 N–H and O–H groups in total. The molecule has 0 aromatic heterocycles. The van der Waals surface area contributed by atoms with Crippen molar-refractivity contribution in [1.82, 2.24) is 0 Å². The zero-order chi connectivity index (χ0) is 12.0. The summed E-state index contributed by atoms with van der Waals surface area (Å²) in [6, 6.07) is 2.15. The minimum atomic E-state index is -0.882. The monoisotopic (exact) mass is 215 g/mol. The Morgan fingerprint density at radius 3 is 2.33 bits per heavy atom. The average molecular weight is 215 g/mol. The van der Waals surface area contributed by atoms with Crippen molar-refractivity contribution in [2.75, 3.05) is 7.11 Å². The summed E-state index contributed by atoms with van der Waals surface area (Å²) in [5.74, 6) is -0.574. The van der Waals surface area contributed by atoms with E-state index in [0.717, 1.165) is 12.1 Å². The Hall–Kier alpha value is -1.65. The predicted molar refractivity (Wildman–Crippen MR) is 55.7 cm³/mol. The van der Waals surface area contributed by atoms with Gasteiger partial charge in [0.25, 0.3) is 0 Å². The summed E-state index contributed by atoms with van der Waals surface area (Å²) < 4.78 is 17.7. The fourth-order valence-electron chi connectivity index (χ4n) is 1.01. The van der Waals surface area contributed by atoms with Crippen LogP contribution in [0.5, 0.6) is 5.75 Å². The Morgan fingerprint density at radius 2 is 1.93 bits per heavy atom. The van der Waals surface area contributed by atoms with Crippen molar-refractivity contribution in [1.29, 1.82) is 0 Å². The molecule has 0 bridgehead atoms. The van der Waals surface area contributed by atoms with Crippen LogP contribution in [0.4, 0.5) is 10.1 Å². The Labute approximate surface area is 87.8 Å². The second-order valence-electron chi connectivity index (χ2n) is 2.53. The molecule has 0 aliphatic carbocycles. The molecule has 0 saturated heterocycles. The van der Waals surface area contributed by atoms with Crippen molar-refractivity contribution in [2.24, 2.45) is 0 Å². The van der Waals surface area contributed by atoms with Crippen LogP contribution in [0.2, 0.25) is 0 Å². The van der Waals surface area contributed by atoms with Crippen molar-refractivity contribution in [3.8, 4) is 5.75 Å². The van der Waals surface area contributed by atoms with E-state index in [1.165, 1.54) is 7.11 Å². The molecule has 0 aliphatic heterocycles. The maximum atomic E-state index is 12.9. The number of nitro benzene ring substituents is 1. The molecule has 84 valence electrons. The van der Waals surface area contributed by atoms with Crippen LogP contribution < -0.4 is 4.74 Å². The summed E-state index contributed by atoms with van der Waals surface area (Å²) in [5.41, 5.74) is 0.00824. The van der Waals surface area contributed by atoms with Gasteiger partial charge < -0.3 is 4.74 Å². The highest BCUT2D eigenvalue weighted by Gasteiger charge is 2.16. The Balaban J connectivity index is 0.000000921. The van der Waals surface area contributed by atoms with E-state index in [2.05, 4.69) is 0 Å². The maximum Gasteiger partial charge on any atom is 0.305 e. The lowest BCUT2D eigenvalue weighted by Crippen LogP contribution is -1.95. The summed E-state index contributed by atoms with van der Waals surface area (Å²) in [5, 5.41) is 10.3. The maximum absolute atomic E-state index is 12.9. The molecule has 0 atom stereocenters. The average Bonchev–Trinajstić information content (AvgIpc) is 2.23. The van der Waals surface area contributed by atoms with E-state index in [-0.39, 0.29) is 0 Å². The molecule has 15 heavy (non-hydrogen) atoms. The summed E-state index contributed by atoms with van der Waals surface area (Å²) in [7, 11) is 1.38. The zero-order valence-corrected chi connectivity index (χ0v) is 9.20. The molecular formula is C10H14FNO3. The highest BCUT2D eigenvalue weighted by molar-refractivity contribution is 5.44. The fraction of sp³-hybridized carbons (Fsp3) is 0.400. The highest BCUT2D eigenvalue weighted by Crippen LogP contribution is 2.26. The molecule has 5 heteroatoms. The smallest absolute Gasteiger partial charge is 0.305 e. The third kappa shape index (κ3) is 3.19. The fourth-order valence-corrected chi connectivity index (χ4v) is 1.01. The first-order chi connectivity index (χ1) is 7.06. The van der Waals surface area contributed by atoms with Gasteiger partial charge in [0.1, 0.15) is 5.75 Å². The quantitative estimate of drug-likeness (QED) is 0.562. The van der Waals surface area contributed by atoms with E-state index >= 15 is 0 Å². The second-order valence-corrected chi connectivity index (χ2v) is 2.53. The SMILES string of the molecule is CC.COc1cc(F)c([N+](=O)[O-])cc1C. The topological polar surface area (TPSA) is 52.4 Å². The molecule has 0 fully saturated rings. The number of benzene rings is 1. The number of rotatable bonds is 2. The lowest BCUT2D eigenvalue weighted by atomic mass is 10.2. The summed E-state index contributed by atoms with van der Waals surface area (Å²) >= 11 is 0. The van der Waals surface area contributed by atoms with Gasteiger partial charge in [-0.2, -0.15) is 4.39 Å². The van der Waals surface area contributed by atoms with Crippen LogP contribution in [-0.4, -0.2) is 12.0 Å². The number of halogens is 1. The lowest BCUT2D eigenvalue weighted by molar-refractivity contribution is -0.387. The normalized spacial score (nSPS) is 8.87. The number of aryl methyl sites for hydroxylation is 1. The number of nitrogens with zero attached hydrogens (tertiary/aromatic N) is 1. The van der Waals surface area contributed by atoms with Gasteiger partial charge in [-0.25, -0.2) is 0 Å². The zero-order valence-electron chi connectivity index (χ0n) is 9.20. The Morgan fingerprint density at radius 1 is 1.40 bits per heavy atom. The number of methoxy groups -OCH3 is 1. The van der Waals surface area contributed by atoms with Crippen LogP contribution in [0.3, 0.4) is 0 Å². The Bertz CT molecular complexity index is 353. The summed E-state index contributed by atoms with van der Waals surface area (Å²) in [6.07, 6.45) is 0. The first-order valence-corrected chi connectivity index (χ1v) is 4.54. The van der Waals surface area contributed by atoms with Crippen LogP contribution >= 0.6 is 0 Å². The van der Waals surface area contributed by atoms with Gasteiger partial charge in [-0.05, 0) is 12.5 Å².